The molecule has 0 saturated heterocycles. The molecule has 0 radical (unpaired) electrons. The molecule has 0 aliphatic heterocycles. The highest BCUT2D eigenvalue weighted by Crippen LogP contribution is 2.19. The summed E-state index contributed by atoms with van der Waals surface area (Å²) in [7, 11) is 0. The fourth-order valence-corrected chi connectivity index (χ4v) is 2.53. The zero-order chi connectivity index (χ0) is 14.6. The van der Waals surface area contributed by atoms with Crippen molar-refractivity contribution >= 4 is 34.2 Å². The lowest BCUT2D eigenvalue weighted by molar-refractivity contribution is 0.0923. The van der Waals surface area contributed by atoms with E-state index in [1.54, 1.807) is 0 Å². The highest BCUT2D eigenvalue weighted by atomic mass is 79.9. The predicted octanol–water partition coefficient (Wildman–Crippen LogP) is 3.36. The van der Waals surface area contributed by atoms with Gasteiger partial charge < -0.3 is 15.6 Å². The van der Waals surface area contributed by atoms with Crippen molar-refractivity contribution in [1.82, 2.24) is 9.88 Å². The third-order valence-corrected chi connectivity index (χ3v) is 3.41. The minimum atomic E-state index is -0.0597. The van der Waals surface area contributed by atoms with Gasteiger partial charge in [-0.3, -0.25) is 4.79 Å². The topological polar surface area (TPSA) is 60.0 Å². The van der Waals surface area contributed by atoms with E-state index in [0.717, 1.165) is 10.9 Å². The van der Waals surface area contributed by atoms with Crippen molar-refractivity contribution < 1.29 is 4.79 Å². The van der Waals surface area contributed by atoms with E-state index in [4.69, 9.17) is 5.73 Å². The molecule has 4 nitrogen and oxygen atoms in total. The molecule has 1 aromatic rings. The zero-order valence-electron chi connectivity index (χ0n) is 12.5. The van der Waals surface area contributed by atoms with Crippen molar-refractivity contribution in [2.24, 2.45) is 11.7 Å². The van der Waals surface area contributed by atoms with Gasteiger partial charge in [0.25, 0.3) is 5.91 Å². The van der Waals surface area contributed by atoms with Crippen LogP contribution in [-0.2, 0) is 0 Å². The molecule has 0 fully saturated rings. The van der Waals surface area contributed by atoms with Crippen molar-refractivity contribution in [2.75, 3.05) is 6.54 Å². The summed E-state index contributed by atoms with van der Waals surface area (Å²) in [5, 5.41) is 3.02. The lowest BCUT2D eigenvalue weighted by Gasteiger charge is -2.20. The van der Waals surface area contributed by atoms with Gasteiger partial charge in [0.2, 0.25) is 0 Å². The standard InChI is InChI=1S/C14H24BrN3O.ClH/c1-9(2)5-12(7-16)17-14(19)13-6-11(15)8-18(13)10(3)4;/h6,8-10,12H,5,7,16H2,1-4H3,(H,17,19);1H. The first-order valence-electron chi connectivity index (χ1n) is 6.73. The molecular formula is C14H25BrClN3O. The van der Waals surface area contributed by atoms with Gasteiger partial charge in [0.1, 0.15) is 5.69 Å². The summed E-state index contributed by atoms with van der Waals surface area (Å²) in [5.41, 5.74) is 6.39. The first-order chi connectivity index (χ1) is 8.85. The molecule has 0 aliphatic rings. The fraction of sp³-hybridized carbons (Fsp3) is 0.643. The van der Waals surface area contributed by atoms with Gasteiger partial charge in [-0.15, -0.1) is 12.4 Å². The Balaban J connectivity index is 0.00000361. The monoisotopic (exact) mass is 365 g/mol. The van der Waals surface area contributed by atoms with Crippen molar-refractivity contribution in [3.05, 3.63) is 22.4 Å². The van der Waals surface area contributed by atoms with Crippen LogP contribution in [0.5, 0.6) is 0 Å². The van der Waals surface area contributed by atoms with E-state index in [-0.39, 0.29) is 30.4 Å². The van der Waals surface area contributed by atoms with Crippen LogP contribution in [0.25, 0.3) is 0 Å². The quantitative estimate of drug-likeness (QED) is 0.811. The second kappa shape index (κ2) is 8.70. The molecule has 1 atom stereocenters. The Morgan fingerprint density at radius 1 is 1.40 bits per heavy atom. The number of nitrogens with two attached hydrogens (primary N) is 1. The summed E-state index contributed by atoms with van der Waals surface area (Å²) in [6.45, 7) is 8.83. The van der Waals surface area contributed by atoms with Gasteiger partial charge >= 0.3 is 0 Å². The number of halogens is 2. The first kappa shape index (κ1) is 19.5. The Labute approximate surface area is 136 Å². The maximum Gasteiger partial charge on any atom is 0.268 e. The normalized spacial score (nSPS) is 12.4. The third kappa shape index (κ3) is 5.46. The minimum absolute atomic E-state index is 0. The van der Waals surface area contributed by atoms with Crippen LogP contribution in [0.15, 0.2) is 16.7 Å². The molecule has 0 aromatic carbocycles. The highest BCUT2D eigenvalue weighted by Gasteiger charge is 2.18. The number of nitrogens with one attached hydrogen (secondary N) is 1. The first-order valence-corrected chi connectivity index (χ1v) is 7.52. The summed E-state index contributed by atoms with van der Waals surface area (Å²) in [6.07, 6.45) is 2.82. The van der Waals surface area contributed by atoms with Gasteiger partial charge in [-0.2, -0.15) is 0 Å². The number of aromatic nitrogens is 1. The molecule has 1 amide bonds. The van der Waals surface area contributed by atoms with Crippen molar-refractivity contribution in [2.45, 2.75) is 46.2 Å². The summed E-state index contributed by atoms with van der Waals surface area (Å²) in [4.78, 5) is 12.3. The lowest BCUT2D eigenvalue weighted by atomic mass is 10.0. The number of carbonyl (C=O) groups excluding carboxylic acids is 1. The highest BCUT2D eigenvalue weighted by molar-refractivity contribution is 9.10. The summed E-state index contributed by atoms with van der Waals surface area (Å²) in [6, 6.07) is 2.12. The van der Waals surface area contributed by atoms with Crippen LogP contribution in [0, 0.1) is 5.92 Å². The molecule has 1 heterocycles. The summed E-state index contributed by atoms with van der Waals surface area (Å²) in [5.74, 6) is 0.452. The molecule has 20 heavy (non-hydrogen) atoms. The Morgan fingerprint density at radius 2 is 2.00 bits per heavy atom. The minimum Gasteiger partial charge on any atom is -0.347 e. The van der Waals surface area contributed by atoms with Gasteiger partial charge in [-0.25, -0.2) is 0 Å². The number of rotatable bonds is 6. The van der Waals surface area contributed by atoms with Crippen molar-refractivity contribution in [3.8, 4) is 0 Å². The van der Waals surface area contributed by atoms with Crippen LogP contribution in [0.3, 0.4) is 0 Å². The number of hydrogen-bond acceptors (Lipinski definition) is 2. The molecule has 1 rings (SSSR count). The molecule has 0 bridgehead atoms. The van der Waals surface area contributed by atoms with E-state index in [0.29, 0.717) is 18.2 Å². The van der Waals surface area contributed by atoms with E-state index in [1.807, 2.05) is 16.8 Å². The number of amides is 1. The molecule has 116 valence electrons. The maximum absolute atomic E-state index is 12.3. The zero-order valence-corrected chi connectivity index (χ0v) is 14.9. The number of carbonyl (C=O) groups is 1. The maximum atomic E-state index is 12.3. The molecule has 6 heteroatoms. The number of nitrogens with zero attached hydrogens (tertiary/aromatic N) is 1. The smallest absolute Gasteiger partial charge is 0.268 e. The third-order valence-electron chi connectivity index (χ3n) is 2.98. The predicted molar refractivity (Wildman–Crippen MR) is 89.5 cm³/mol. The van der Waals surface area contributed by atoms with Crippen LogP contribution < -0.4 is 11.1 Å². The molecular weight excluding hydrogens is 342 g/mol. The van der Waals surface area contributed by atoms with Crippen LogP contribution in [0.2, 0.25) is 0 Å². The SMILES string of the molecule is CC(C)CC(CN)NC(=O)c1cc(Br)cn1C(C)C.Cl. The van der Waals surface area contributed by atoms with E-state index >= 15 is 0 Å². The summed E-state index contributed by atoms with van der Waals surface area (Å²) < 4.78 is 2.88. The van der Waals surface area contributed by atoms with Gasteiger partial charge in [0.15, 0.2) is 0 Å². The Kier molecular flexibility index (Phi) is 8.47. The van der Waals surface area contributed by atoms with Crippen molar-refractivity contribution in [3.63, 3.8) is 0 Å². The van der Waals surface area contributed by atoms with Gasteiger partial charge in [-0.1, -0.05) is 13.8 Å². The largest absolute Gasteiger partial charge is 0.347 e. The average molecular weight is 367 g/mol. The van der Waals surface area contributed by atoms with E-state index in [2.05, 4.69) is 48.9 Å². The van der Waals surface area contributed by atoms with Crippen LogP contribution >= 0.6 is 28.3 Å². The number of hydrogen-bond donors (Lipinski definition) is 2. The van der Waals surface area contributed by atoms with Crippen LogP contribution in [0.1, 0.15) is 50.6 Å². The molecule has 0 saturated carbocycles. The molecule has 0 spiro atoms. The van der Waals surface area contributed by atoms with E-state index in [1.165, 1.54) is 0 Å². The lowest BCUT2D eigenvalue weighted by Crippen LogP contribution is -2.41. The molecule has 1 unspecified atom stereocenters. The second-order valence-corrected chi connectivity index (χ2v) is 6.50. The molecule has 3 N–H and O–H groups in total. The fourth-order valence-electron chi connectivity index (χ4n) is 2.10. The van der Waals surface area contributed by atoms with Gasteiger partial charge in [0.05, 0.1) is 0 Å². The van der Waals surface area contributed by atoms with E-state index in [9.17, 15) is 4.79 Å². The van der Waals surface area contributed by atoms with E-state index < -0.39 is 0 Å². The Bertz CT molecular complexity index is 432. The summed E-state index contributed by atoms with van der Waals surface area (Å²) >= 11 is 3.42. The van der Waals surface area contributed by atoms with Crippen LogP contribution in [-0.4, -0.2) is 23.1 Å². The Hall–Kier alpha value is -0.520. The van der Waals surface area contributed by atoms with Gasteiger partial charge in [0, 0.05) is 29.3 Å². The average Bonchev–Trinajstić information content (AvgIpc) is 2.70. The van der Waals surface area contributed by atoms with Crippen molar-refractivity contribution in [1.29, 1.82) is 0 Å². The van der Waals surface area contributed by atoms with Gasteiger partial charge in [-0.05, 0) is 48.2 Å². The van der Waals surface area contributed by atoms with Crippen LogP contribution in [0.4, 0.5) is 0 Å². The Morgan fingerprint density at radius 3 is 2.45 bits per heavy atom. The molecule has 1 aromatic heterocycles. The molecule has 0 aliphatic carbocycles. The second-order valence-electron chi connectivity index (χ2n) is 5.58.